The van der Waals surface area contributed by atoms with Gasteiger partial charge in [-0.25, -0.2) is 12.8 Å². The molecule has 21 heavy (non-hydrogen) atoms. The second kappa shape index (κ2) is 5.36. The molecule has 0 heterocycles. The lowest BCUT2D eigenvalue weighted by atomic mass is 9.75. The van der Waals surface area contributed by atoms with E-state index in [1.165, 1.54) is 26.2 Å². The van der Waals surface area contributed by atoms with E-state index in [4.69, 9.17) is 4.74 Å². The minimum Gasteiger partial charge on any atom is -0.480 e. The first-order chi connectivity index (χ1) is 9.72. The molecule has 1 aromatic carbocycles. The number of ether oxygens (including phenoxy) is 1. The largest absolute Gasteiger partial charge is 0.480 e. The Morgan fingerprint density at radius 3 is 2.62 bits per heavy atom. The van der Waals surface area contributed by atoms with E-state index in [9.17, 15) is 22.7 Å². The number of sulfonamides is 1. The molecule has 1 aliphatic rings. The van der Waals surface area contributed by atoms with E-state index in [2.05, 4.69) is 4.72 Å². The average Bonchev–Trinajstić information content (AvgIpc) is 2.35. The fourth-order valence-electron chi connectivity index (χ4n) is 2.38. The van der Waals surface area contributed by atoms with Crippen molar-refractivity contribution in [1.82, 2.24) is 4.72 Å². The van der Waals surface area contributed by atoms with E-state index < -0.39 is 27.3 Å². The van der Waals surface area contributed by atoms with Gasteiger partial charge in [-0.1, -0.05) is 6.07 Å². The van der Waals surface area contributed by atoms with Crippen LogP contribution in [0.15, 0.2) is 23.1 Å². The zero-order chi connectivity index (χ0) is 15.8. The summed E-state index contributed by atoms with van der Waals surface area (Å²) in [6, 6.07) is 3.65. The molecule has 0 spiro atoms. The summed E-state index contributed by atoms with van der Waals surface area (Å²) in [5.41, 5.74) is -1.65. The van der Waals surface area contributed by atoms with Gasteiger partial charge < -0.3 is 9.84 Å². The molecule has 1 saturated carbocycles. The molecule has 1 aromatic rings. The maximum atomic E-state index is 13.5. The molecule has 116 valence electrons. The number of halogens is 1. The van der Waals surface area contributed by atoms with Crippen LogP contribution in [-0.4, -0.2) is 38.2 Å². The zero-order valence-electron chi connectivity index (χ0n) is 11.6. The monoisotopic (exact) mass is 317 g/mol. The predicted octanol–water partition coefficient (Wildman–Crippen LogP) is 1.04. The first-order valence-corrected chi connectivity index (χ1v) is 7.75. The first-order valence-electron chi connectivity index (χ1n) is 6.27. The highest BCUT2D eigenvalue weighted by molar-refractivity contribution is 7.89. The maximum absolute atomic E-state index is 13.5. The van der Waals surface area contributed by atoms with E-state index in [1.807, 2.05) is 0 Å². The van der Waals surface area contributed by atoms with E-state index in [-0.39, 0.29) is 29.4 Å². The molecular weight excluding hydrogens is 301 g/mol. The lowest BCUT2D eigenvalue weighted by Crippen LogP contribution is -2.64. The molecular formula is C13H16FNO5S. The number of benzene rings is 1. The third-order valence-corrected chi connectivity index (χ3v) is 5.41. The fourth-order valence-corrected chi connectivity index (χ4v) is 4.01. The van der Waals surface area contributed by atoms with Gasteiger partial charge in [0.1, 0.15) is 11.4 Å². The van der Waals surface area contributed by atoms with Gasteiger partial charge in [0.2, 0.25) is 10.0 Å². The molecule has 0 aromatic heterocycles. The van der Waals surface area contributed by atoms with Crippen LogP contribution in [0.3, 0.4) is 0 Å². The minimum atomic E-state index is -4.14. The van der Waals surface area contributed by atoms with Crippen LogP contribution in [0.1, 0.15) is 18.4 Å². The fraction of sp³-hybridized carbons (Fsp3) is 0.462. The molecule has 0 unspecified atom stereocenters. The number of methoxy groups -OCH3 is 1. The number of hydrogen-bond acceptors (Lipinski definition) is 4. The second-order valence-corrected chi connectivity index (χ2v) is 6.77. The second-order valence-electron chi connectivity index (χ2n) is 5.12. The number of rotatable bonds is 5. The van der Waals surface area contributed by atoms with Crippen molar-refractivity contribution in [2.24, 2.45) is 0 Å². The molecule has 2 rings (SSSR count). The number of aliphatic carboxylic acids is 1. The lowest BCUT2D eigenvalue weighted by molar-refractivity contribution is -0.154. The molecule has 0 atom stereocenters. The third kappa shape index (κ3) is 2.78. The van der Waals surface area contributed by atoms with Gasteiger partial charge in [-0.2, -0.15) is 4.72 Å². The highest BCUT2D eigenvalue weighted by Crippen LogP contribution is 2.36. The van der Waals surface area contributed by atoms with Crippen LogP contribution in [0.2, 0.25) is 0 Å². The number of carbonyl (C=O) groups is 1. The Morgan fingerprint density at radius 2 is 2.10 bits per heavy atom. The van der Waals surface area contributed by atoms with Gasteiger partial charge in [0.15, 0.2) is 0 Å². The quantitative estimate of drug-likeness (QED) is 0.846. The minimum absolute atomic E-state index is 0.0342. The number of hydrogen-bond donors (Lipinski definition) is 2. The molecule has 0 amide bonds. The van der Waals surface area contributed by atoms with Crippen molar-refractivity contribution in [2.75, 3.05) is 7.11 Å². The van der Waals surface area contributed by atoms with Crippen molar-refractivity contribution in [1.29, 1.82) is 0 Å². The van der Waals surface area contributed by atoms with E-state index in [1.54, 1.807) is 0 Å². The Morgan fingerprint density at radius 1 is 1.48 bits per heavy atom. The summed E-state index contributed by atoms with van der Waals surface area (Å²) in [6.07, 6.45) is -0.240. The summed E-state index contributed by atoms with van der Waals surface area (Å²) in [6.45, 7) is 1.33. The Balaban J connectivity index is 2.33. The normalized spacial score (nSPS) is 25.4. The summed E-state index contributed by atoms with van der Waals surface area (Å²) in [7, 11) is -2.70. The highest BCUT2D eigenvalue weighted by atomic mass is 32.2. The Hall–Kier alpha value is -1.51. The molecule has 0 bridgehead atoms. The average molecular weight is 317 g/mol. The van der Waals surface area contributed by atoms with Crippen molar-refractivity contribution in [3.8, 4) is 0 Å². The number of carboxylic acids is 1. The summed E-state index contributed by atoms with van der Waals surface area (Å²) < 4.78 is 45.3. The maximum Gasteiger partial charge on any atom is 0.325 e. The highest BCUT2D eigenvalue weighted by Gasteiger charge is 2.53. The molecule has 1 fully saturated rings. The van der Waals surface area contributed by atoms with E-state index in [0.29, 0.717) is 0 Å². The van der Waals surface area contributed by atoms with Gasteiger partial charge in [0.05, 0.1) is 11.0 Å². The van der Waals surface area contributed by atoms with Crippen LogP contribution in [0.25, 0.3) is 0 Å². The molecule has 1 aliphatic carbocycles. The van der Waals surface area contributed by atoms with E-state index >= 15 is 0 Å². The predicted molar refractivity (Wildman–Crippen MR) is 71.9 cm³/mol. The van der Waals surface area contributed by atoms with Crippen LogP contribution in [-0.2, 0) is 19.6 Å². The van der Waals surface area contributed by atoms with Crippen molar-refractivity contribution in [3.63, 3.8) is 0 Å². The van der Waals surface area contributed by atoms with Gasteiger partial charge in [-0.15, -0.1) is 0 Å². The number of carboxylic acid groups (broad SMARTS) is 1. The van der Waals surface area contributed by atoms with Gasteiger partial charge in [0, 0.05) is 25.5 Å². The van der Waals surface area contributed by atoms with Crippen molar-refractivity contribution < 1.29 is 27.4 Å². The van der Waals surface area contributed by atoms with Gasteiger partial charge in [-0.3, -0.25) is 4.79 Å². The SMILES string of the molecule is COC1CC(NS(=O)(=O)c2cccc(F)c2C)(C(=O)O)C1. The Bertz CT molecular complexity index is 667. The van der Waals surface area contributed by atoms with Gasteiger partial charge in [0.25, 0.3) is 0 Å². The topological polar surface area (TPSA) is 92.7 Å². The van der Waals surface area contributed by atoms with Crippen molar-refractivity contribution in [3.05, 3.63) is 29.6 Å². The van der Waals surface area contributed by atoms with Crippen molar-refractivity contribution in [2.45, 2.75) is 36.3 Å². The summed E-state index contributed by atoms with van der Waals surface area (Å²) in [5.74, 6) is -1.93. The molecule has 6 nitrogen and oxygen atoms in total. The smallest absolute Gasteiger partial charge is 0.325 e. The third-order valence-electron chi connectivity index (χ3n) is 3.73. The molecule has 0 radical (unpaired) electrons. The molecule has 8 heteroatoms. The van der Waals surface area contributed by atoms with Crippen molar-refractivity contribution >= 4 is 16.0 Å². The van der Waals surface area contributed by atoms with Crippen LogP contribution in [0.5, 0.6) is 0 Å². The van der Waals surface area contributed by atoms with Crippen LogP contribution >= 0.6 is 0 Å². The molecule has 0 aliphatic heterocycles. The van der Waals surface area contributed by atoms with Crippen LogP contribution in [0.4, 0.5) is 4.39 Å². The van der Waals surface area contributed by atoms with E-state index in [0.717, 1.165) is 6.07 Å². The standard InChI is InChI=1S/C13H16FNO5S/c1-8-10(14)4-3-5-11(8)21(18,19)15-13(12(16)17)6-9(7-13)20-2/h3-5,9,15H,6-7H2,1-2H3,(H,16,17). The first kappa shape index (κ1) is 15.9. The summed E-state index contributed by atoms with van der Waals surface area (Å²) in [4.78, 5) is 11.1. The van der Waals surface area contributed by atoms with Crippen LogP contribution < -0.4 is 4.72 Å². The number of nitrogens with one attached hydrogen (secondary N) is 1. The van der Waals surface area contributed by atoms with Gasteiger partial charge in [-0.05, 0) is 19.1 Å². The summed E-state index contributed by atoms with van der Waals surface area (Å²) in [5, 5.41) is 9.27. The zero-order valence-corrected chi connectivity index (χ0v) is 12.4. The molecule has 0 saturated heterocycles. The van der Waals surface area contributed by atoms with Gasteiger partial charge >= 0.3 is 5.97 Å². The molecule has 2 N–H and O–H groups in total. The van der Waals surface area contributed by atoms with Crippen LogP contribution in [0, 0.1) is 12.7 Å². The summed E-state index contributed by atoms with van der Waals surface area (Å²) >= 11 is 0. The Labute approximate surface area is 122 Å². The Kier molecular flexibility index (Phi) is 4.05. The lowest BCUT2D eigenvalue weighted by Gasteiger charge is -2.43.